The minimum atomic E-state index is -4.74. The fourth-order valence-corrected chi connectivity index (χ4v) is 4.15. The summed E-state index contributed by atoms with van der Waals surface area (Å²) in [7, 11) is -3.95. The number of benzene rings is 3. The minimum Gasteiger partial charge on any atom is -0.508 e. The third-order valence-electron chi connectivity index (χ3n) is 4.88. The van der Waals surface area contributed by atoms with E-state index in [9.17, 15) is 36.6 Å². The Kier molecular flexibility index (Phi) is 6.50. The highest BCUT2D eigenvalue weighted by atomic mass is 32.2. The van der Waals surface area contributed by atoms with Crippen LogP contribution in [0.1, 0.15) is 27.0 Å². The van der Waals surface area contributed by atoms with Crippen LogP contribution in [0.5, 0.6) is 5.75 Å². The normalized spacial score (nSPS) is 11.9. The smallest absolute Gasteiger partial charge is 0.417 e. The number of carbonyl (C=O) groups is 1. The Morgan fingerprint density at radius 1 is 1.03 bits per heavy atom. The van der Waals surface area contributed by atoms with Crippen molar-refractivity contribution in [3.63, 3.8) is 0 Å². The molecule has 0 saturated carbocycles. The van der Waals surface area contributed by atoms with E-state index in [4.69, 9.17) is 5.14 Å². The summed E-state index contributed by atoms with van der Waals surface area (Å²) in [4.78, 5) is 12.4. The number of hydrogen-bond acceptors (Lipinski definition) is 5. The van der Waals surface area contributed by atoms with E-state index in [1.165, 1.54) is 43.3 Å². The zero-order valence-corrected chi connectivity index (χ0v) is 18.0. The lowest BCUT2D eigenvalue weighted by Gasteiger charge is -2.17. The topological polar surface area (TPSA) is 130 Å². The molecule has 174 valence electrons. The van der Waals surface area contributed by atoms with Crippen molar-refractivity contribution in [2.45, 2.75) is 24.6 Å². The number of aliphatic hydroxyl groups excluding tert-OH is 1. The standard InChI is InChI=1S/C22H19F3N2O5S/c1-12-8-13(2-7-20(12)33(26,31)32)21(30)27-15-3-5-17(14(9-15)11-28)18-6-4-16(29)10-19(18)22(23,24)25/h2-10,28-29H,11H2,1H3,(H,27,30)(H2,26,31,32). The molecule has 0 aromatic heterocycles. The van der Waals surface area contributed by atoms with Gasteiger partial charge in [-0.2, -0.15) is 13.2 Å². The second-order valence-corrected chi connectivity index (χ2v) is 8.77. The second kappa shape index (κ2) is 8.85. The summed E-state index contributed by atoms with van der Waals surface area (Å²) in [5.74, 6) is -1.15. The highest BCUT2D eigenvalue weighted by molar-refractivity contribution is 7.89. The average molecular weight is 480 g/mol. The number of carbonyl (C=O) groups excluding carboxylic acids is 1. The lowest BCUT2D eigenvalue weighted by atomic mass is 9.94. The zero-order valence-electron chi connectivity index (χ0n) is 17.1. The number of phenols is 1. The molecule has 0 spiro atoms. The SMILES string of the molecule is Cc1cc(C(=O)Nc2ccc(-c3ccc(O)cc3C(F)(F)F)c(CO)c2)ccc1S(N)(=O)=O. The summed E-state index contributed by atoms with van der Waals surface area (Å²) < 4.78 is 63.4. The molecule has 3 rings (SSSR count). The Morgan fingerprint density at radius 2 is 1.70 bits per heavy atom. The number of aliphatic hydroxyl groups is 1. The van der Waals surface area contributed by atoms with E-state index in [1.807, 2.05) is 0 Å². The summed E-state index contributed by atoms with van der Waals surface area (Å²) in [6, 6.07) is 10.6. The van der Waals surface area contributed by atoms with Gasteiger partial charge in [0.25, 0.3) is 5.91 Å². The molecule has 3 aromatic carbocycles. The predicted molar refractivity (Wildman–Crippen MR) is 115 cm³/mol. The van der Waals surface area contributed by atoms with Gasteiger partial charge in [0.1, 0.15) is 5.75 Å². The van der Waals surface area contributed by atoms with Gasteiger partial charge in [-0.05, 0) is 71.6 Å². The van der Waals surface area contributed by atoms with E-state index < -0.39 is 40.0 Å². The number of amides is 1. The van der Waals surface area contributed by atoms with Gasteiger partial charge in [-0.15, -0.1) is 0 Å². The molecule has 0 bridgehead atoms. The molecule has 0 atom stereocenters. The lowest BCUT2D eigenvalue weighted by Crippen LogP contribution is -2.16. The van der Waals surface area contributed by atoms with Gasteiger partial charge in [0.2, 0.25) is 10.0 Å². The molecular formula is C22H19F3N2O5S. The molecule has 0 saturated heterocycles. The molecule has 7 nitrogen and oxygen atoms in total. The molecule has 0 unspecified atom stereocenters. The quantitative estimate of drug-likeness (QED) is 0.442. The number of rotatable bonds is 5. The van der Waals surface area contributed by atoms with Crippen LogP contribution < -0.4 is 10.5 Å². The van der Waals surface area contributed by atoms with Crippen LogP contribution in [0.15, 0.2) is 59.5 Å². The summed E-state index contributed by atoms with van der Waals surface area (Å²) in [5.41, 5.74) is -0.513. The molecule has 0 aliphatic heterocycles. The number of nitrogens with two attached hydrogens (primary N) is 1. The van der Waals surface area contributed by atoms with Crippen LogP contribution in [0, 0.1) is 6.92 Å². The number of nitrogens with one attached hydrogen (secondary N) is 1. The van der Waals surface area contributed by atoms with Gasteiger partial charge in [-0.25, -0.2) is 13.6 Å². The number of primary sulfonamides is 1. The largest absolute Gasteiger partial charge is 0.508 e. The van der Waals surface area contributed by atoms with Crippen molar-refractivity contribution in [1.29, 1.82) is 0 Å². The van der Waals surface area contributed by atoms with E-state index in [2.05, 4.69) is 5.32 Å². The van der Waals surface area contributed by atoms with Crippen molar-refractivity contribution in [1.82, 2.24) is 0 Å². The monoisotopic (exact) mass is 480 g/mol. The van der Waals surface area contributed by atoms with Gasteiger partial charge >= 0.3 is 6.18 Å². The summed E-state index contributed by atoms with van der Waals surface area (Å²) in [6.45, 7) is 0.866. The number of hydrogen-bond donors (Lipinski definition) is 4. The maximum atomic E-state index is 13.4. The average Bonchev–Trinajstić information content (AvgIpc) is 2.72. The number of aryl methyl sites for hydroxylation is 1. The Balaban J connectivity index is 1.95. The van der Waals surface area contributed by atoms with Crippen molar-refractivity contribution in [2.75, 3.05) is 5.32 Å². The van der Waals surface area contributed by atoms with Crippen LogP contribution in [0.4, 0.5) is 18.9 Å². The summed E-state index contributed by atoms with van der Waals surface area (Å²) in [5, 5.41) is 26.9. The van der Waals surface area contributed by atoms with Crippen molar-refractivity contribution in [3.05, 3.63) is 76.9 Å². The number of phenolic OH excluding ortho intramolecular Hbond substituents is 1. The Hall–Kier alpha value is -3.41. The highest BCUT2D eigenvalue weighted by Crippen LogP contribution is 2.40. The van der Waals surface area contributed by atoms with Gasteiger partial charge in [-0.1, -0.05) is 12.1 Å². The molecule has 5 N–H and O–H groups in total. The molecule has 0 aliphatic rings. The third kappa shape index (κ3) is 5.33. The molecule has 0 radical (unpaired) electrons. The van der Waals surface area contributed by atoms with Crippen LogP contribution in [-0.4, -0.2) is 24.5 Å². The van der Waals surface area contributed by atoms with Crippen LogP contribution >= 0.6 is 0 Å². The summed E-state index contributed by atoms with van der Waals surface area (Å²) >= 11 is 0. The lowest BCUT2D eigenvalue weighted by molar-refractivity contribution is -0.137. The molecule has 3 aromatic rings. The van der Waals surface area contributed by atoms with Gasteiger partial charge in [-0.3, -0.25) is 4.79 Å². The number of anilines is 1. The van der Waals surface area contributed by atoms with Crippen LogP contribution in [0.3, 0.4) is 0 Å². The van der Waals surface area contributed by atoms with Gasteiger partial charge < -0.3 is 15.5 Å². The first-order valence-electron chi connectivity index (χ1n) is 9.40. The molecular weight excluding hydrogens is 461 g/mol. The number of sulfonamides is 1. The molecule has 11 heteroatoms. The molecule has 33 heavy (non-hydrogen) atoms. The maximum absolute atomic E-state index is 13.4. The van der Waals surface area contributed by atoms with Gasteiger partial charge in [0.05, 0.1) is 17.1 Å². The van der Waals surface area contributed by atoms with E-state index in [0.717, 1.165) is 12.1 Å². The van der Waals surface area contributed by atoms with Gasteiger partial charge in [0.15, 0.2) is 0 Å². The Labute approximate surface area is 187 Å². The Morgan fingerprint density at radius 3 is 2.27 bits per heavy atom. The van der Waals surface area contributed by atoms with Crippen LogP contribution in [0.2, 0.25) is 0 Å². The Bertz CT molecular complexity index is 1340. The van der Waals surface area contributed by atoms with Crippen LogP contribution in [-0.2, 0) is 22.8 Å². The number of halogens is 3. The zero-order chi connectivity index (χ0) is 24.6. The molecule has 0 aliphatic carbocycles. The van der Waals surface area contributed by atoms with Crippen LogP contribution in [0.25, 0.3) is 11.1 Å². The maximum Gasteiger partial charge on any atom is 0.417 e. The number of aromatic hydroxyl groups is 1. The third-order valence-corrected chi connectivity index (χ3v) is 5.95. The number of alkyl halides is 3. The van der Waals surface area contributed by atoms with E-state index >= 15 is 0 Å². The fraction of sp³-hybridized carbons (Fsp3) is 0.136. The summed E-state index contributed by atoms with van der Waals surface area (Å²) in [6.07, 6.45) is -4.74. The first-order chi connectivity index (χ1) is 15.3. The minimum absolute atomic E-state index is 0.0798. The fourth-order valence-electron chi connectivity index (χ4n) is 3.38. The van der Waals surface area contributed by atoms with E-state index in [0.29, 0.717) is 6.07 Å². The first-order valence-corrected chi connectivity index (χ1v) is 10.9. The van der Waals surface area contributed by atoms with Crippen molar-refractivity contribution in [2.24, 2.45) is 5.14 Å². The second-order valence-electron chi connectivity index (χ2n) is 7.24. The van der Waals surface area contributed by atoms with Crippen molar-refractivity contribution >= 4 is 21.6 Å². The van der Waals surface area contributed by atoms with Crippen molar-refractivity contribution < 1.29 is 36.6 Å². The first kappa shape index (κ1) is 24.2. The molecule has 1 amide bonds. The van der Waals surface area contributed by atoms with E-state index in [-0.39, 0.29) is 38.4 Å². The van der Waals surface area contributed by atoms with Crippen molar-refractivity contribution in [3.8, 4) is 16.9 Å². The molecule has 0 fully saturated rings. The van der Waals surface area contributed by atoms with Gasteiger partial charge in [0, 0.05) is 11.3 Å². The molecule has 0 heterocycles. The highest BCUT2D eigenvalue weighted by Gasteiger charge is 2.34. The predicted octanol–water partition coefficient (Wildman–Crippen LogP) is 3.78. The van der Waals surface area contributed by atoms with E-state index in [1.54, 1.807) is 0 Å².